The van der Waals surface area contributed by atoms with E-state index in [9.17, 15) is 8.42 Å². The standard InChI is InChI=1S/C15H20N2O4S/c1-4-6-14-16-15(21-17-14)11(2)22(18,19)10-12-7-5-8-13(9-12)20-3/h5,7-9,11H,4,6,10H2,1-3H3/t11-/m0/s1. The summed E-state index contributed by atoms with van der Waals surface area (Å²) in [5, 5.41) is 2.97. The first-order valence-corrected chi connectivity index (χ1v) is 8.84. The molecule has 6 nitrogen and oxygen atoms in total. The Morgan fingerprint density at radius 2 is 2.14 bits per heavy atom. The summed E-state index contributed by atoms with van der Waals surface area (Å²) in [6, 6.07) is 7.00. The lowest BCUT2D eigenvalue weighted by Crippen LogP contribution is -2.13. The third kappa shape index (κ3) is 3.85. The van der Waals surface area contributed by atoms with Gasteiger partial charge in [0.2, 0.25) is 5.89 Å². The number of nitrogens with zero attached hydrogens (tertiary/aromatic N) is 2. The first-order valence-electron chi connectivity index (χ1n) is 7.13. The molecule has 0 aliphatic carbocycles. The molecule has 1 aromatic carbocycles. The monoisotopic (exact) mass is 324 g/mol. The molecule has 0 N–H and O–H groups in total. The van der Waals surface area contributed by atoms with Crippen LogP contribution in [0.15, 0.2) is 28.8 Å². The predicted molar refractivity (Wildman–Crippen MR) is 82.3 cm³/mol. The molecule has 1 atom stereocenters. The van der Waals surface area contributed by atoms with Crippen molar-refractivity contribution in [1.82, 2.24) is 10.1 Å². The van der Waals surface area contributed by atoms with Crippen LogP contribution in [-0.4, -0.2) is 25.7 Å². The number of methoxy groups -OCH3 is 1. The smallest absolute Gasteiger partial charge is 0.244 e. The van der Waals surface area contributed by atoms with Crippen molar-refractivity contribution in [3.63, 3.8) is 0 Å². The molecule has 7 heteroatoms. The number of aromatic nitrogens is 2. The number of ether oxygens (including phenoxy) is 1. The fourth-order valence-electron chi connectivity index (χ4n) is 2.03. The Kier molecular flexibility index (Phi) is 5.18. The maximum atomic E-state index is 12.5. The third-order valence-corrected chi connectivity index (χ3v) is 5.36. The molecule has 0 saturated heterocycles. The normalized spacial score (nSPS) is 13.0. The van der Waals surface area contributed by atoms with E-state index in [0.717, 1.165) is 6.42 Å². The highest BCUT2D eigenvalue weighted by molar-refractivity contribution is 7.90. The molecule has 0 amide bonds. The Balaban J connectivity index is 2.17. The van der Waals surface area contributed by atoms with Gasteiger partial charge < -0.3 is 9.26 Å². The average Bonchev–Trinajstić information content (AvgIpc) is 2.95. The number of hydrogen-bond acceptors (Lipinski definition) is 6. The maximum absolute atomic E-state index is 12.5. The van der Waals surface area contributed by atoms with Gasteiger partial charge in [0, 0.05) is 6.42 Å². The minimum Gasteiger partial charge on any atom is -0.497 e. The minimum absolute atomic E-state index is 0.100. The topological polar surface area (TPSA) is 82.3 Å². The zero-order valence-electron chi connectivity index (χ0n) is 12.9. The van der Waals surface area contributed by atoms with Crippen LogP contribution in [-0.2, 0) is 22.0 Å². The molecule has 0 bridgehead atoms. The highest BCUT2D eigenvalue weighted by atomic mass is 32.2. The van der Waals surface area contributed by atoms with E-state index in [-0.39, 0.29) is 11.6 Å². The molecule has 2 aromatic rings. The molecule has 0 aliphatic rings. The van der Waals surface area contributed by atoms with Gasteiger partial charge in [-0.25, -0.2) is 8.42 Å². The van der Waals surface area contributed by atoms with E-state index in [1.54, 1.807) is 38.3 Å². The molecule has 0 spiro atoms. The number of hydrogen-bond donors (Lipinski definition) is 0. The van der Waals surface area contributed by atoms with Gasteiger partial charge in [-0.1, -0.05) is 24.2 Å². The van der Waals surface area contributed by atoms with E-state index in [0.29, 0.717) is 23.6 Å². The van der Waals surface area contributed by atoms with Crippen molar-refractivity contribution in [2.45, 2.75) is 37.7 Å². The summed E-state index contributed by atoms with van der Waals surface area (Å²) >= 11 is 0. The van der Waals surface area contributed by atoms with Gasteiger partial charge in [0.05, 0.1) is 12.9 Å². The summed E-state index contributed by atoms with van der Waals surface area (Å²) in [6.07, 6.45) is 1.55. The van der Waals surface area contributed by atoms with Gasteiger partial charge in [0.1, 0.15) is 11.0 Å². The van der Waals surface area contributed by atoms with Gasteiger partial charge in [0.15, 0.2) is 15.7 Å². The van der Waals surface area contributed by atoms with E-state index >= 15 is 0 Å². The highest BCUT2D eigenvalue weighted by Crippen LogP contribution is 2.25. The van der Waals surface area contributed by atoms with Crippen LogP contribution < -0.4 is 4.74 Å². The van der Waals surface area contributed by atoms with Crippen molar-refractivity contribution < 1.29 is 17.7 Å². The Hall–Kier alpha value is -1.89. The maximum Gasteiger partial charge on any atom is 0.244 e. The van der Waals surface area contributed by atoms with Crippen molar-refractivity contribution in [1.29, 1.82) is 0 Å². The second-order valence-corrected chi connectivity index (χ2v) is 7.42. The van der Waals surface area contributed by atoms with Crippen molar-refractivity contribution in [3.8, 4) is 5.75 Å². The second-order valence-electron chi connectivity index (χ2n) is 5.10. The summed E-state index contributed by atoms with van der Waals surface area (Å²) in [6.45, 7) is 3.57. The van der Waals surface area contributed by atoms with E-state index in [2.05, 4.69) is 10.1 Å². The summed E-state index contributed by atoms with van der Waals surface area (Å²) < 4.78 is 35.2. The number of rotatable bonds is 7. The fourth-order valence-corrected chi connectivity index (χ4v) is 3.33. The molecular formula is C15H20N2O4S. The van der Waals surface area contributed by atoms with Gasteiger partial charge in [-0.05, 0) is 31.0 Å². The molecule has 1 heterocycles. The fraction of sp³-hybridized carbons (Fsp3) is 0.467. The molecule has 0 unspecified atom stereocenters. The van der Waals surface area contributed by atoms with Gasteiger partial charge in [-0.2, -0.15) is 4.98 Å². The Morgan fingerprint density at radius 3 is 2.82 bits per heavy atom. The van der Waals surface area contributed by atoms with Gasteiger partial charge in [-0.15, -0.1) is 0 Å². The first kappa shape index (κ1) is 16.5. The summed E-state index contributed by atoms with van der Waals surface area (Å²) in [5.74, 6) is 1.22. The van der Waals surface area contributed by atoms with E-state index < -0.39 is 15.1 Å². The quantitative estimate of drug-likeness (QED) is 0.779. The molecule has 1 aromatic heterocycles. The van der Waals surface area contributed by atoms with Crippen molar-refractivity contribution in [2.24, 2.45) is 0 Å². The SMILES string of the molecule is CCCc1noc([C@H](C)S(=O)(=O)Cc2cccc(OC)c2)n1. The lowest BCUT2D eigenvalue weighted by molar-refractivity contribution is 0.371. The van der Waals surface area contributed by atoms with Gasteiger partial charge >= 0.3 is 0 Å². The lowest BCUT2D eigenvalue weighted by Gasteiger charge is -2.09. The van der Waals surface area contributed by atoms with Crippen molar-refractivity contribution in [2.75, 3.05) is 7.11 Å². The molecular weight excluding hydrogens is 304 g/mol. The molecule has 0 radical (unpaired) electrons. The number of sulfone groups is 1. The van der Waals surface area contributed by atoms with Crippen LogP contribution in [0, 0.1) is 0 Å². The van der Waals surface area contributed by atoms with Crippen LogP contribution in [0.1, 0.15) is 42.8 Å². The van der Waals surface area contributed by atoms with E-state index in [1.165, 1.54) is 0 Å². The minimum atomic E-state index is -3.44. The van der Waals surface area contributed by atoms with Crippen LogP contribution in [0.25, 0.3) is 0 Å². The van der Waals surface area contributed by atoms with Crippen molar-refractivity contribution >= 4 is 9.84 Å². The summed E-state index contributed by atoms with van der Waals surface area (Å²) in [5.41, 5.74) is 0.666. The summed E-state index contributed by atoms with van der Waals surface area (Å²) in [7, 11) is -1.90. The first-order chi connectivity index (χ1) is 10.5. The largest absolute Gasteiger partial charge is 0.497 e. The Morgan fingerprint density at radius 1 is 1.36 bits per heavy atom. The average molecular weight is 324 g/mol. The van der Waals surface area contributed by atoms with Crippen LogP contribution in [0.3, 0.4) is 0 Å². The van der Waals surface area contributed by atoms with E-state index in [1.807, 2.05) is 6.92 Å². The van der Waals surface area contributed by atoms with Gasteiger partial charge in [-0.3, -0.25) is 0 Å². The zero-order chi connectivity index (χ0) is 16.2. The van der Waals surface area contributed by atoms with Crippen molar-refractivity contribution in [3.05, 3.63) is 41.5 Å². The Labute approximate surface area is 130 Å². The molecule has 0 aliphatic heterocycles. The predicted octanol–water partition coefficient (Wildman–Crippen LogP) is 2.71. The van der Waals surface area contributed by atoms with Crippen LogP contribution in [0.4, 0.5) is 0 Å². The van der Waals surface area contributed by atoms with E-state index in [4.69, 9.17) is 9.26 Å². The molecule has 0 saturated carbocycles. The number of benzene rings is 1. The molecule has 2 rings (SSSR count). The highest BCUT2D eigenvalue weighted by Gasteiger charge is 2.28. The Bertz CT molecular complexity index is 725. The second kappa shape index (κ2) is 6.91. The summed E-state index contributed by atoms with van der Waals surface area (Å²) in [4.78, 5) is 4.16. The molecule has 120 valence electrons. The van der Waals surface area contributed by atoms with Crippen LogP contribution >= 0.6 is 0 Å². The van der Waals surface area contributed by atoms with Crippen LogP contribution in [0.5, 0.6) is 5.75 Å². The molecule has 0 fully saturated rings. The van der Waals surface area contributed by atoms with Crippen LogP contribution in [0.2, 0.25) is 0 Å². The molecule has 22 heavy (non-hydrogen) atoms. The number of aryl methyl sites for hydroxylation is 1. The van der Waals surface area contributed by atoms with Gasteiger partial charge in [0.25, 0.3) is 0 Å². The zero-order valence-corrected chi connectivity index (χ0v) is 13.8. The third-order valence-electron chi connectivity index (χ3n) is 3.35. The lowest BCUT2D eigenvalue weighted by atomic mass is 10.2.